The highest BCUT2D eigenvalue weighted by atomic mass is 16.5. The lowest BCUT2D eigenvalue weighted by Crippen LogP contribution is -2.26. The van der Waals surface area contributed by atoms with Gasteiger partial charge < -0.3 is 19.7 Å². The van der Waals surface area contributed by atoms with Crippen LogP contribution in [0.3, 0.4) is 0 Å². The van der Waals surface area contributed by atoms with Crippen molar-refractivity contribution in [3.63, 3.8) is 0 Å². The van der Waals surface area contributed by atoms with Gasteiger partial charge >= 0.3 is 0 Å². The molecule has 3 atom stereocenters. The first-order valence-electron chi connectivity index (χ1n) is 3.17. The zero-order chi connectivity index (χ0) is 7.56. The maximum Gasteiger partial charge on any atom is 0.151 e. The van der Waals surface area contributed by atoms with E-state index in [1.165, 1.54) is 0 Å². The Hall–Kier alpha value is -0.450. The number of rotatable bonds is 2. The molecule has 0 radical (unpaired) electrons. The molecule has 1 aliphatic heterocycles. The monoisotopic (exact) mass is 146 g/mol. The predicted octanol–water partition coefficient (Wildman–Crippen LogP) is -1.30. The summed E-state index contributed by atoms with van der Waals surface area (Å²) in [6, 6.07) is 0. The Balaban J connectivity index is 2.36. The number of carbonyl (C=O) groups is 1. The van der Waals surface area contributed by atoms with Gasteiger partial charge in [0.2, 0.25) is 0 Å². The molecule has 10 heavy (non-hydrogen) atoms. The molecular formula is C6H10O4. The second-order valence-electron chi connectivity index (χ2n) is 2.39. The maximum absolute atomic E-state index is 9.99. The van der Waals surface area contributed by atoms with Crippen molar-refractivity contribution >= 4 is 6.29 Å². The molecule has 4 nitrogen and oxygen atoms in total. The molecule has 0 aliphatic carbocycles. The van der Waals surface area contributed by atoms with Crippen LogP contribution in [-0.2, 0) is 9.53 Å². The molecule has 0 aromatic heterocycles. The Morgan fingerprint density at radius 3 is 2.80 bits per heavy atom. The van der Waals surface area contributed by atoms with Gasteiger partial charge in [-0.2, -0.15) is 0 Å². The van der Waals surface area contributed by atoms with Crippen LogP contribution in [0.5, 0.6) is 0 Å². The number of aldehydes is 1. The van der Waals surface area contributed by atoms with Crippen LogP contribution in [0.4, 0.5) is 0 Å². The van der Waals surface area contributed by atoms with Crippen LogP contribution in [0.25, 0.3) is 0 Å². The van der Waals surface area contributed by atoms with Crippen molar-refractivity contribution in [3.05, 3.63) is 0 Å². The van der Waals surface area contributed by atoms with Gasteiger partial charge in [0.05, 0.1) is 18.8 Å². The van der Waals surface area contributed by atoms with E-state index in [2.05, 4.69) is 0 Å². The summed E-state index contributed by atoms with van der Waals surface area (Å²) in [5.41, 5.74) is 0. The van der Waals surface area contributed by atoms with Crippen LogP contribution in [0.15, 0.2) is 0 Å². The number of aliphatic hydroxyl groups excluding tert-OH is 2. The van der Waals surface area contributed by atoms with Gasteiger partial charge in [0, 0.05) is 6.42 Å². The Morgan fingerprint density at radius 1 is 1.70 bits per heavy atom. The normalized spacial score (nSPS) is 35.8. The molecule has 4 heteroatoms. The minimum Gasteiger partial charge on any atom is -0.391 e. The Bertz CT molecular complexity index is 125. The van der Waals surface area contributed by atoms with E-state index in [4.69, 9.17) is 14.9 Å². The minimum absolute atomic E-state index is 0.218. The summed E-state index contributed by atoms with van der Waals surface area (Å²) >= 11 is 0. The lowest BCUT2D eigenvalue weighted by atomic mass is 10.1. The molecule has 0 aromatic carbocycles. The molecule has 1 aliphatic rings. The van der Waals surface area contributed by atoms with E-state index >= 15 is 0 Å². The largest absolute Gasteiger partial charge is 0.391 e. The van der Waals surface area contributed by atoms with Crippen molar-refractivity contribution in [2.24, 2.45) is 0 Å². The zero-order valence-corrected chi connectivity index (χ0v) is 5.43. The van der Waals surface area contributed by atoms with Crippen LogP contribution in [0.1, 0.15) is 6.42 Å². The smallest absolute Gasteiger partial charge is 0.151 e. The molecule has 1 fully saturated rings. The first-order chi connectivity index (χ1) is 4.74. The third-order valence-corrected chi connectivity index (χ3v) is 1.53. The van der Waals surface area contributed by atoms with Crippen molar-refractivity contribution < 1.29 is 19.7 Å². The maximum atomic E-state index is 9.99. The van der Waals surface area contributed by atoms with Crippen LogP contribution in [-0.4, -0.2) is 41.4 Å². The van der Waals surface area contributed by atoms with Gasteiger partial charge in [0.25, 0.3) is 0 Å². The number of hydrogen-bond acceptors (Lipinski definition) is 4. The third kappa shape index (κ3) is 1.53. The number of aliphatic hydroxyl groups is 2. The molecule has 2 N–H and O–H groups in total. The van der Waals surface area contributed by atoms with Crippen LogP contribution in [0, 0.1) is 0 Å². The fourth-order valence-electron chi connectivity index (χ4n) is 0.965. The number of ether oxygens (including phenoxy) is 1. The number of carbonyl (C=O) groups excluding carboxylic acids is 1. The van der Waals surface area contributed by atoms with Crippen LogP contribution < -0.4 is 0 Å². The molecule has 0 aromatic rings. The molecule has 1 heterocycles. The average Bonchev–Trinajstić information content (AvgIpc) is 2.34. The van der Waals surface area contributed by atoms with Gasteiger partial charge in [0.1, 0.15) is 6.10 Å². The zero-order valence-electron chi connectivity index (χ0n) is 5.43. The highest BCUT2D eigenvalue weighted by Gasteiger charge is 2.29. The molecular weight excluding hydrogens is 136 g/mol. The fraction of sp³-hybridized carbons (Fsp3) is 0.833. The van der Waals surface area contributed by atoms with E-state index in [0.717, 1.165) is 0 Å². The highest BCUT2D eigenvalue weighted by molar-refractivity contribution is 5.56. The first-order valence-corrected chi connectivity index (χ1v) is 3.17. The van der Waals surface area contributed by atoms with Crippen molar-refractivity contribution in [2.75, 3.05) is 6.61 Å². The van der Waals surface area contributed by atoms with Crippen molar-refractivity contribution in [3.8, 4) is 0 Å². The second-order valence-corrected chi connectivity index (χ2v) is 2.39. The summed E-state index contributed by atoms with van der Waals surface area (Å²) in [6.45, 7) is 0.218. The summed E-state index contributed by atoms with van der Waals surface area (Å²) in [5, 5.41) is 17.8. The quantitative estimate of drug-likeness (QED) is 0.475. The molecule has 0 bridgehead atoms. The van der Waals surface area contributed by atoms with Gasteiger partial charge in [-0.3, -0.25) is 0 Å². The standard InChI is InChI=1S/C6H10O4/c7-2-5(9)6-1-4(8)3-10-6/h2,4-6,8-9H,1,3H2. The molecule has 3 unspecified atom stereocenters. The van der Waals surface area contributed by atoms with Crippen molar-refractivity contribution in [1.29, 1.82) is 0 Å². The fourth-order valence-corrected chi connectivity index (χ4v) is 0.965. The summed E-state index contributed by atoms with van der Waals surface area (Å²) in [6.07, 6.45) is -1.35. The van der Waals surface area contributed by atoms with E-state index in [9.17, 15) is 4.79 Å². The summed E-state index contributed by atoms with van der Waals surface area (Å²) in [4.78, 5) is 9.99. The molecule has 1 saturated heterocycles. The topological polar surface area (TPSA) is 66.8 Å². The summed E-state index contributed by atoms with van der Waals surface area (Å²) in [5.74, 6) is 0. The van der Waals surface area contributed by atoms with E-state index in [-0.39, 0.29) is 6.61 Å². The van der Waals surface area contributed by atoms with E-state index < -0.39 is 18.3 Å². The third-order valence-electron chi connectivity index (χ3n) is 1.53. The van der Waals surface area contributed by atoms with E-state index in [1.807, 2.05) is 0 Å². The lowest BCUT2D eigenvalue weighted by molar-refractivity contribution is -0.120. The number of hydrogen-bond donors (Lipinski definition) is 2. The van der Waals surface area contributed by atoms with E-state index in [0.29, 0.717) is 12.7 Å². The van der Waals surface area contributed by atoms with E-state index in [1.54, 1.807) is 0 Å². The predicted molar refractivity (Wildman–Crippen MR) is 32.4 cm³/mol. The molecule has 1 rings (SSSR count). The SMILES string of the molecule is O=CC(O)C1CC(O)CO1. The van der Waals surface area contributed by atoms with Gasteiger partial charge in [-0.05, 0) is 0 Å². The van der Waals surface area contributed by atoms with Crippen molar-refractivity contribution in [1.82, 2.24) is 0 Å². The Kier molecular flexibility index (Phi) is 2.37. The first kappa shape index (κ1) is 7.65. The Labute approximate surface area is 58.4 Å². The Morgan fingerprint density at radius 2 is 2.40 bits per heavy atom. The summed E-state index contributed by atoms with van der Waals surface area (Å²) in [7, 11) is 0. The molecule has 0 amide bonds. The summed E-state index contributed by atoms with van der Waals surface area (Å²) < 4.78 is 4.89. The van der Waals surface area contributed by atoms with Crippen LogP contribution in [0.2, 0.25) is 0 Å². The molecule has 0 saturated carbocycles. The minimum atomic E-state index is -1.09. The van der Waals surface area contributed by atoms with Gasteiger partial charge in [-0.15, -0.1) is 0 Å². The lowest BCUT2D eigenvalue weighted by Gasteiger charge is -2.09. The van der Waals surface area contributed by atoms with Gasteiger partial charge in [-0.1, -0.05) is 0 Å². The molecule has 0 spiro atoms. The van der Waals surface area contributed by atoms with Gasteiger partial charge in [-0.25, -0.2) is 0 Å². The second kappa shape index (κ2) is 3.09. The van der Waals surface area contributed by atoms with Crippen LogP contribution >= 0.6 is 0 Å². The highest BCUT2D eigenvalue weighted by Crippen LogP contribution is 2.14. The molecule has 58 valence electrons. The van der Waals surface area contributed by atoms with Crippen molar-refractivity contribution in [2.45, 2.75) is 24.7 Å². The van der Waals surface area contributed by atoms with Gasteiger partial charge in [0.15, 0.2) is 6.29 Å². The average molecular weight is 146 g/mol.